The van der Waals surface area contributed by atoms with E-state index in [0.29, 0.717) is 4.47 Å². The van der Waals surface area contributed by atoms with Gasteiger partial charge in [0.15, 0.2) is 0 Å². The van der Waals surface area contributed by atoms with E-state index in [1.165, 1.54) is 0 Å². The average Bonchev–Trinajstić information content (AvgIpc) is 2.18. The van der Waals surface area contributed by atoms with Crippen LogP contribution in [0, 0.1) is 5.82 Å². The summed E-state index contributed by atoms with van der Waals surface area (Å²) in [6.45, 7) is 1.68. The van der Waals surface area contributed by atoms with Gasteiger partial charge in [-0.2, -0.15) is 11.8 Å². The van der Waals surface area contributed by atoms with Gasteiger partial charge in [-0.15, -0.1) is 0 Å². The van der Waals surface area contributed by atoms with Gasteiger partial charge in [0.25, 0.3) is 0 Å². The average molecular weight is 278 g/mol. The Morgan fingerprint density at radius 3 is 2.93 bits per heavy atom. The van der Waals surface area contributed by atoms with Crippen LogP contribution in [0.5, 0.6) is 0 Å². The SMILES string of the molecule is CSCCNCc1ccc(Br)c(F)c1. The van der Waals surface area contributed by atoms with Crippen LogP contribution in [-0.4, -0.2) is 18.6 Å². The lowest BCUT2D eigenvalue weighted by Gasteiger charge is -2.04. The Labute approximate surface area is 96.6 Å². The van der Waals surface area contributed by atoms with Crippen molar-refractivity contribution in [2.75, 3.05) is 18.6 Å². The Balaban J connectivity index is 2.39. The van der Waals surface area contributed by atoms with Gasteiger partial charge in [0.1, 0.15) is 5.82 Å². The van der Waals surface area contributed by atoms with Crippen LogP contribution in [0.4, 0.5) is 4.39 Å². The van der Waals surface area contributed by atoms with E-state index >= 15 is 0 Å². The summed E-state index contributed by atoms with van der Waals surface area (Å²) in [4.78, 5) is 0. The minimum absolute atomic E-state index is 0.200. The molecule has 1 nitrogen and oxygen atoms in total. The predicted molar refractivity (Wildman–Crippen MR) is 64.2 cm³/mol. The van der Waals surface area contributed by atoms with E-state index in [-0.39, 0.29) is 5.82 Å². The van der Waals surface area contributed by atoms with Crippen LogP contribution >= 0.6 is 27.7 Å². The van der Waals surface area contributed by atoms with E-state index in [2.05, 4.69) is 27.5 Å². The third kappa shape index (κ3) is 3.98. The number of hydrogen-bond donors (Lipinski definition) is 1. The molecule has 1 aromatic carbocycles. The van der Waals surface area contributed by atoms with Gasteiger partial charge in [-0.3, -0.25) is 0 Å². The van der Waals surface area contributed by atoms with Crippen molar-refractivity contribution < 1.29 is 4.39 Å². The molecule has 0 aliphatic heterocycles. The Morgan fingerprint density at radius 2 is 2.29 bits per heavy atom. The molecule has 0 radical (unpaired) electrons. The Kier molecular flexibility index (Phi) is 5.52. The van der Waals surface area contributed by atoms with Crippen LogP contribution in [0.25, 0.3) is 0 Å². The number of nitrogens with one attached hydrogen (secondary N) is 1. The summed E-state index contributed by atoms with van der Waals surface area (Å²) in [6, 6.07) is 5.20. The summed E-state index contributed by atoms with van der Waals surface area (Å²) >= 11 is 4.92. The summed E-state index contributed by atoms with van der Waals surface area (Å²) in [7, 11) is 0. The van der Waals surface area contributed by atoms with E-state index in [4.69, 9.17) is 0 Å². The first-order valence-electron chi connectivity index (χ1n) is 4.37. The van der Waals surface area contributed by atoms with Gasteiger partial charge >= 0.3 is 0 Å². The predicted octanol–water partition coefficient (Wildman–Crippen LogP) is 3.04. The minimum Gasteiger partial charge on any atom is -0.312 e. The second-order valence-electron chi connectivity index (χ2n) is 2.92. The van der Waals surface area contributed by atoms with Crippen LogP contribution in [-0.2, 0) is 6.54 Å². The maximum Gasteiger partial charge on any atom is 0.137 e. The molecule has 78 valence electrons. The summed E-state index contributed by atoms with van der Waals surface area (Å²) in [5.74, 6) is 0.883. The fourth-order valence-electron chi connectivity index (χ4n) is 1.06. The Morgan fingerprint density at radius 1 is 1.50 bits per heavy atom. The Bertz CT molecular complexity index is 293. The summed E-state index contributed by atoms with van der Waals surface area (Å²) < 4.78 is 13.6. The van der Waals surface area contributed by atoms with Gasteiger partial charge in [0.05, 0.1) is 4.47 Å². The molecule has 0 amide bonds. The first kappa shape index (κ1) is 12.0. The number of halogens is 2. The molecule has 0 bridgehead atoms. The van der Waals surface area contributed by atoms with Crippen molar-refractivity contribution >= 4 is 27.7 Å². The van der Waals surface area contributed by atoms with Crippen molar-refractivity contribution in [3.8, 4) is 0 Å². The van der Waals surface area contributed by atoms with Crippen molar-refractivity contribution in [1.82, 2.24) is 5.32 Å². The van der Waals surface area contributed by atoms with E-state index < -0.39 is 0 Å². The molecule has 0 aliphatic rings. The molecule has 0 atom stereocenters. The van der Waals surface area contributed by atoms with Crippen molar-refractivity contribution in [2.45, 2.75) is 6.54 Å². The lowest BCUT2D eigenvalue weighted by Crippen LogP contribution is -2.16. The summed E-state index contributed by atoms with van der Waals surface area (Å²) in [5.41, 5.74) is 0.979. The second-order valence-corrected chi connectivity index (χ2v) is 4.76. The molecule has 1 N–H and O–H groups in total. The standard InChI is InChI=1S/C10H13BrFNS/c1-14-5-4-13-7-8-2-3-9(11)10(12)6-8/h2-3,6,13H,4-5,7H2,1H3. The molecule has 0 saturated carbocycles. The molecule has 1 aromatic rings. The zero-order valence-electron chi connectivity index (χ0n) is 8.02. The first-order chi connectivity index (χ1) is 6.74. The normalized spacial score (nSPS) is 10.5. The third-order valence-electron chi connectivity index (χ3n) is 1.80. The molecule has 14 heavy (non-hydrogen) atoms. The van der Waals surface area contributed by atoms with E-state index in [0.717, 1.165) is 24.4 Å². The van der Waals surface area contributed by atoms with Crippen LogP contribution < -0.4 is 5.32 Å². The Hall–Kier alpha value is -0.0600. The number of rotatable bonds is 5. The molecule has 0 aromatic heterocycles. The van der Waals surface area contributed by atoms with Crippen molar-refractivity contribution in [3.63, 3.8) is 0 Å². The van der Waals surface area contributed by atoms with Gasteiger partial charge in [-0.1, -0.05) is 6.07 Å². The molecule has 1 rings (SSSR count). The zero-order valence-corrected chi connectivity index (χ0v) is 10.4. The molecule has 0 aliphatic carbocycles. The number of thioether (sulfide) groups is 1. The molecular formula is C10H13BrFNS. The maximum absolute atomic E-state index is 13.1. The largest absolute Gasteiger partial charge is 0.312 e. The fourth-order valence-corrected chi connectivity index (χ4v) is 1.65. The van der Waals surface area contributed by atoms with Crippen LogP contribution in [0.2, 0.25) is 0 Å². The lowest BCUT2D eigenvalue weighted by molar-refractivity contribution is 0.615. The molecule has 0 unspecified atom stereocenters. The zero-order chi connectivity index (χ0) is 10.4. The number of hydrogen-bond acceptors (Lipinski definition) is 2. The van der Waals surface area contributed by atoms with E-state index in [1.807, 2.05) is 6.07 Å². The monoisotopic (exact) mass is 277 g/mol. The third-order valence-corrected chi connectivity index (χ3v) is 3.05. The summed E-state index contributed by atoms with van der Waals surface area (Å²) in [6.07, 6.45) is 2.07. The van der Waals surface area contributed by atoms with Gasteiger partial charge in [0, 0.05) is 18.8 Å². The quantitative estimate of drug-likeness (QED) is 0.831. The smallest absolute Gasteiger partial charge is 0.137 e. The highest BCUT2D eigenvalue weighted by Gasteiger charge is 1.99. The van der Waals surface area contributed by atoms with Gasteiger partial charge in [-0.25, -0.2) is 4.39 Å². The first-order valence-corrected chi connectivity index (χ1v) is 6.56. The van der Waals surface area contributed by atoms with Gasteiger partial charge in [-0.05, 0) is 39.9 Å². The van der Waals surface area contributed by atoms with E-state index in [9.17, 15) is 4.39 Å². The minimum atomic E-state index is -0.200. The lowest BCUT2D eigenvalue weighted by atomic mass is 10.2. The van der Waals surface area contributed by atoms with Crippen LogP contribution in [0.1, 0.15) is 5.56 Å². The molecular weight excluding hydrogens is 265 g/mol. The maximum atomic E-state index is 13.1. The highest BCUT2D eigenvalue weighted by atomic mass is 79.9. The number of benzene rings is 1. The van der Waals surface area contributed by atoms with Gasteiger partial charge in [0.2, 0.25) is 0 Å². The van der Waals surface area contributed by atoms with Gasteiger partial charge < -0.3 is 5.32 Å². The molecule has 0 saturated heterocycles. The van der Waals surface area contributed by atoms with E-state index in [1.54, 1.807) is 23.9 Å². The molecule has 0 fully saturated rings. The molecule has 4 heteroatoms. The second kappa shape index (κ2) is 6.43. The summed E-state index contributed by atoms with van der Waals surface area (Å²) in [5, 5.41) is 3.25. The van der Waals surface area contributed by atoms with Crippen LogP contribution in [0.15, 0.2) is 22.7 Å². The van der Waals surface area contributed by atoms with Crippen molar-refractivity contribution in [2.24, 2.45) is 0 Å². The topological polar surface area (TPSA) is 12.0 Å². The van der Waals surface area contributed by atoms with Crippen LogP contribution in [0.3, 0.4) is 0 Å². The highest BCUT2D eigenvalue weighted by Crippen LogP contribution is 2.16. The molecule has 0 spiro atoms. The highest BCUT2D eigenvalue weighted by molar-refractivity contribution is 9.10. The van der Waals surface area contributed by atoms with Crippen molar-refractivity contribution in [1.29, 1.82) is 0 Å². The van der Waals surface area contributed by atoms with Crippen molar-refractivity contribution in [3.05, 3.63) is 34.1 Å². The molecule has 0 heterocycles. The fraction of sp³-hybridized carbons (Fsp3) is 0.400.